The number of nitrogens with zero attached hydrogens (tertiary/aromatic N) is 1. The largest absolute Gasteiger partial charge is 0.383 e. The first kappa shape index (κ1) is 14.8. The third-order valence-electron chi connectivity index (χ3n) is 3.26. The van der Waals surface area contributed by atoms with Crippen LogP contribution >= 0.6 is 15.9 Å². The van der Waals surface area contributed by atoms with E-state index >= 15 is 0 Å². The molecule has 2 aromatic rings. The summed E-state index contributed by atoms with van der Waals surface area (Å²) in [7, 11) is 0. The maximum Gasteiger partial charge on any atom is 0.256 e. The van der Waals surface area contributed by atoms with Crippen LogP contribution in [0.15, 0.2) is 21.4 Å². The van der Waals surface area contributed by atoms with Gasteiger partial charge in [-0.1, -0.05) is 29.3 Å². The van der Waals surface area contributed by atoms with Crippen molar-refractivity contribution in [3.05, 3.63) is 43.6 Å². The molecule has 0 radical (unpaired) electrons. The third-order valence-corrected chi connectivity index (χ3v) is 4.51. The highest BCUT2D eigenvalue weighted by Gasteiger charge is 2.11. The van der Waals surface area contributed by atoms with Gasteiger partial charge in [0.05, 0.1) is 5.56 Å². The van der Waals surface area contributed by atoms with Crippen LogP contribution < -0.4 is 11.3 Å². The Hall–Kier alpha value is -1.62. The molecular formula is C15H18BrN3O. The fourth-order valence-electron chi connectivity index (χ4n) is 2.23. The Kier molecular flexibility index (Phi) is 4.28. The molecule has 1 heterocycles. The van der Waals surface area contributed by atoms with Gasteiger partial charge in [-0.05, 0) is 43.5 Å². The number of halogens is 1. The lowest BCUT2D eigenvalue weighted by Crippen LogP contribution is -2.18. The number of nitrogens with two attached hydrogens (primary N) is 1. The Bertz CT molecular complexity index is 684. The molecule has 5 heteroatoms. The average Bonchev–Trinajstić information content (AvgIpc) is 2.39. The number of aryl methyl sites for hydroxylation is 2. The van der Waals surface area contributed by atoms with Crippen molar-refractivity contribution in [2.75, 3.05) is 5.73 Å². The number of aromatic amines is 1. The number of anilines is 1. The molecule has 106 valence electrons. The zero-order valence-corrected chi connectivity index (χ0v) is 13.5. The average molecular weight is 336 g/mol. The number of aromatic nitrogens is 2. The molecule has 0 spiro atoms. The minimum atomic E-state index is -0.146. The van der Waals surface area contributed by atoms with E-state index in [1.165, 1.54) is 0 Å². The van der Waals surface area contributed by atoms with Crippen LogP contribution in [-0.2, 0) is 6.42 Å². The number of benzene rings is 1. The SMILES string of the molecule is CCCc1c(N)nc(-c2cc(C)c(Br)c(C)c2)[nH]c1=O. The summed E-state index contributed by atoms with van der Waals surface area (Å²) in [5.74, 6) is 0.842. The van der Waals surface area contributed by atoms with Gasteiger partial charge in [-0.3, -0.25) is 4.79 Å². The normalized spacial score (nSPS) is 10.8. The summed E-state index contributed by atoms with van der Waals surface area (Å²) >= 11 is 3.53. The van der Waals surface area contributed by atoms with E-state index in [0.29, 0.717) is 23.6 Å². The molecule has 0 amide bonds. The van der Waals surface area contributed by atoms with Crippen LogP contribution in [0.5, 0.6) is 0 Å². The maximum absolute atomic E-state index is 12.1. The summed E-state index contributed by atoms with van der Waals surface area (Å²) in [6, 6.07) is 3.96. The van der Waals surface area contributed by atoms with Crippen LogP contribution in [0.2, 0.25) is 0 Å². The van der Waals surface area contributed by atoms with E-state index in [1.54, 1.807) is 0 Å². The first-order chi connectivity index (χ1) is 9.43. The molecule has 0 fully saturated rings. The van der Waals surface area contributed by atoms with Crippen LogP contribution in [0.4, 0.5) is 5.82 Å². The Morgan fingerprint density at radius 3 is 2.40 bits per heavy atom. The molecule has 0 aliphatic heterocycles. The minimum absolute atomic E-state index is 0.146. The Balaban J connectivity index is 2.57. The molecular weight excluding hydrogens is 318 g/mol. The third kappa shape index (κ3) is 2.77. The molecule has 1 aromatic carbocycles. The van der Waals surface area contributed by atoms with Crippen molar-refractivity contribution in [1.82, 2.24) is 9.97 Å². The predicted octanol–water partition coefficient (Wildman–Crippen LogP) is 3.35. The number of nitrogens with one attached hydrogen (secondary N) is 1. The molecule has 1 aromatic heterocycles. The van der Waals surface area contributed by atoms with E-state index in [-0.39, 0.29) is 5.56 Å². The molecule has 0 saturated carbocycles. The van der Waals surface area contributed by atoms with Crippen molar-refractivity contribution in [1.29, 1.82) is 0 Å². The molecule has 20 heavy (non-hydrogen) atoms. The summed E-state index contributed by atoms with van der Waals surface area (Å²) in [6.45, 7) is 6.02. The Labute approximate surface area is 126 Å². The monoisotopic (exact) mass is 335 g/mol. The van der Waals surface area contributed by atoms with Gasteiger partial charge in [-0.25, -0.2) is 4.98 Å². The van der Waals surface area contributed by atoms with E-state index in [4.69, 9.17) is 5.73 Å². The summed E-state index contributed by atoms with van der Waals surface area (Å²) in [5.41, 5.74) is 9.40. The molecule has 0 bridgehead atoms. The highest BCUT2D eigenvalue weighted by molar-refractivity contribution is 9.10. The van der Waals surface area contributed by atoms with Gasteiger partial charge < -0.3 is 10.7 Å². The smallest absolute Gasteiger partial charge is 0.256 e. The Morgan fingerprint density at radius 2 is 1.90 bits per heavy atom. The quantitative estimate of drug-likeness (QED) is 0.903. The van der Waals surface area contributed by atoms with Crippen LogP contribution in [0.1, 0.15) is 30.0 Å². The first-order valence-corrected chi connectivity index (χ1v) is 7.39. The van der Waals surface area contributed by atoms with E-state index < -0.39 is 0 Å². The molecule has 0 aliphatic rings. The number of nitrogen functional groups attached to an aromatic ring is 1. The topological polar surface area (TPSA) is 71.8 Å². The van der Waals surface area contributed by atoms with Gasteiger partial charge in [0.1, 0.15) is 11.6 Å². The van der Waals surface area contributed by atoms with Crippen molar-refractivity contribution in [3.8, 4) is 11.4 Å². The number of rotatable bonds is 3. The van der Waals surface area contributed by atoms with E-state index in [0.717, 1.165) is 27.6 Å². The van der Waals surface area contributed by atoms with E-state index in [2.05, 4.69) is 25.9 Å². The Morgan fingerprint density at radius 1 is 1.30 bits per heavy atom. The van der Waals surface area contributed by atoms with Gasteiger partial charge in [-0.15, -0.1) is 0 Å². The van der Waals surface area contributed by atoms with Gasteiger partial charge in [0.15, 0.2) is 0 Å². The lowest BCUT2D eigenvalue weighted by Gasteiger charge is -2.09. The maximum atomic E-state index is 12.1. The van der Waals surface area contributed by atoms with Crippen molar-refractivity contribution >= 4 is 21.7 Å². The number of hydrogen-bond acceptors (Lipinski definition) is 3. The predicted molar refractivity (Wildman–Crippen MR) is 85.9 cm³/mol. The zero-order chi connectivity index (χ0) is 14.9. The summed E-state index contributed by atoms with van der Waals surface area (Å²) < 4.78 is 1.07. The van der Waals surface area contributed by atoms with Gasteiger partial charge in [0.25, 0.3) is 5.56 Å². The first-order valence-electron chi connectivity index (χ1n) is 6.59. The van der Waals surface area contributed by atoms with Gasteiger partial charge in [0, 0.05) is 10.0 Å². The van der Waals surface area contributed by atoms with E-state index in [9.17, 15) is 4.79 Å². The lowest BCUT2D eigenvalue weighted by atomic mass is 10.1. The standard InChI is InChI=1S/C15H18BrN3O/c1-4-5-11-13(17)18-14(19-15(11)20)10-6-8(2)12(16)9(3)7-10/h6-7H,4-5H2,1-3H3,(H3,17,18,19,20). The van der Waals surface area contributed by atoms with Gasteiger partial charge >= 0.3 is 0 Å². The van der Waals surface area contributed by atoms with Crippen molar-refractivity contribution in [2.45, 2.75) is 33.6 Å². The fourth-order valence-corrected chi connectivity index (χ4v) is 2.46. The molecule has 4 nitrogen and oxygen atoms in total. The molecule has 0 unspecified atom stereocenters. The molecule has 3 N–H and O–H groups in total. The van der Waals surface area contributed by atoms with Crippen LogP contribution in [0.3, 0.4) is 0 Å². The summed E-state index contributed by atoms with van der Waals surface area (Å²) in [5, 5.41) is 0. The zero-order valence-electron chi connectivity index (χ0n) is 11.9. The van der Waals surface area contributed by atoms with Gasteiger partial charge in [0.2, 0.25) is 0 Å². The highest BCUT2D eigenvalue weighted by Crippen LogP contribution is 2.27. The number of hydrogen-bond donors (Lipinski definition) is 2. The lowest BCUT2D eigenvalue weighted by molar-refractivity contribution is 0.892. The molecule has 0 atom stereocenters. The second kappa shape index (κ2) is 5.79. The van der Waals surface area contributed by atoms with Crippen molar-refractivity contribution in [3.63, 3.8) is 0 Å². The van der Waals surface area contributed by atoms with Crippen molar-refractivity contribution < 1.29 is 0 Å². The van der Waals surface area contributed by atoms with E-state index in [1.807, 2.05) is 32.9 Å². The van der Waals surface area contributed by atoms with Crippen LogP contribution in [0.25, 0.3) is 11.4 Å². The number of H-pyrrole nitrogens is 1. The van der Waals surface area contributed by atoms with Gasteiger partial charge in [-0.2, -0.15) is 0 Å². The molecule has 0 aliphatic carbocycles. The summed E-state index contributed by atoms with van der Waals surface area (Å²) in [6.07, 6.45) is 1.51. The summed E-state index contributed by atoms with van der Waals surface area (Å²) in [4.78, 5) is 19.2. The fraction of sp³-hybridized carbons (Fsp3) is 0.333. The molecule has 2 rings (SSSR count). The molecule has 0 saturated heterocycles. The second-order valence-electron chi connectivity index (χ2n) is 4.95. The highest BCUT2D eigenvalue weighted by atomic mass is 79.9. The van der Waals surface area contributed by atoms with Crippen molar-refractivity contribution in [2.24, 2.45) is 0 Å². The van der Waals surface area contributed by atoms with Crippen LogP contribution in [0, 0.1) is 13.8 Å². The van der Waals surface area contributed by atoms with Crippen LogP contribution in [-0.4, -0.2) is 9.97 Å². The minimum Gasteiger partial charge on any atom is -0.383 e. The second-order valence-corrected chi connectivity index (χ2v) is 5.75.